The minimum Gasteiger partial charge on any atom is -0.483 e. The number of hydrogen-bond acceptors (Lipinski definition) is 5. The maximum atomic E-state index is 12.7. The van der Waals surface area contributed by atoms with E-state index in [9.17, 15) is 4.79 Å². The standard InChI is InChI=1S/C17H17N5O.CH2O2/c23-17(15-11-19-16-5-3-8-20-22(15)16)21-9-6-13(12-21)10-14-4-1-2-7-18-14;2-1-3/h1-5,7-8,11,13H,6,9-10,12H2;1H,(H,2,3). The van der Waals surface area contributed by atoms with Gasteiger partial charge in [-0.1, -0.05) is 6.07 Å². The highest BCUT2D eigenvalue weighted by atomic mass is 16.3. The van der Waals surface area contributed by atoms with Gasteiger partial charge in [-0.3, -0.25) is 14.6 Å². The molecule has 1 amide bonds. The van der Waals surface area contributed by atoms with Crippen LogP contribution in [-0.4, -0.2) is 55.1 Å². The van der Waals surface area contributed by atoms with E-state index in [0.29, 0.717) is 17.3 Å². The first-order valence-electron chi connectivity index (χ1n) is 8.28. The van der Waals surface area contributed by atoms with E-state index in [0.717, 1.165) is 31.6 Å². The number of carboxylic acid groups (broad SMARTS) is 1. The quantitative estimate of drug-likeness (QED) is 0.717. The lowest BCUT2D eigenvalue weighted by atomic mass is 10.0. The second-order valence-corrected chi connectivity index (χ2v) is 5.97. The molecule has 0 spiro atoms. The smallest absolute Gasteiger partial charge is 0.290 e. The largest absolute Gasteiger partial charge is 0.483 e. The lowest BCUT2D eigenvalue weighted by Crippen LogP contribution is -2.30. The number of fused-ring (bicyclic) bond motifs is 1. The SMILES string of the molecule is O=C(c1cnc2cccnn12)N1CCC(Cc2ccccn2)C1.O=CO. The van der Waals surface area contributed by atoms with Gasteiger partial charge in [0.2, 0.25) is 0 Å². The molecule has 0 saturated carbocycles. The molecule has 1 saturated heterocycles. The molecule has 8 nitrogen and oxygen atoms in total. The summed E-state index contributed by atoms with van der Waals surface area (Å²) in [6, 6.07) is 9.63. The highest BCUT2D eigenvalue weighted by molar-refractivity contribution is 5.93. The van der Waals surface area contributed by atoms with Gasteiger partial charge in [0.15, 0.2) is 11.3 Å². The van der Waals surface area contributed by atoms with Crippen LogP contribution in [0.15, 0.2) is 48.9 Å². The number of nitrogens with zero attached hydrogens (tertiary/aromatic N) is 5. The second kappa shape index (κ2) is 8.19. The molecule has 134 valence electrons. The summed E-state index contributed by atoms with van der Waals surface area (Å²) in [4.78, 5) is 31.6. The number of imidazole rings is 1. The molecule has 1 aliphatic heterocycles. The number of pyridine rings is 1. The number of amides is 1. The molecule has 1 N–H and O–H groups in total. The van der Waals surface area contributed by atoms with Gasteiger partial charge in [0.05, 0.1) is 6.20 Å². The molecule has 26 heavy (non-hydrogen) atoms. The molecule has 3 aromatic heterocycles. The van der Waals surface area contributed by atoms with Crippen molar-refractivity contribution in [1.82, 2.24) is 24.5 Å². The Morgan fingerprint density at radius 2 is 2.08 bits per heavy atom. The van der Waals surface area contributed by atoms with Crippen LogP contribution in [0.1, 0.15) is 22.6 Å². The molecule has 1 aliphatic rings. The van der Waals surface area contributed by atoms with Crippen molar-refractivity contribution < 1.29 is 14.7 Å². The zero-order chi connectivity index (χ0) is 18.4. The van der Waals surface area contributed by atoms with Crippen molar-refractivity contribution in [3.63, 3.8) is 0 Å². The summed E-state index contributed by atoms with van der Waals surface area (Å²) < 4.78 is 1.61. The van der Waals surface area contributed by atoms with Crippen LogP contribution in [0.2, 0.25) is 0 Å². The predicted molar refractivity (Wildman–Crippen MR) is 93.6 cm³/mol. The minimum atomic E-state index is -0.250. The summed E-state index contributed by atoms with van der Waals surface area (Å²) in [5, 5.41) is 11.1. The third kappa shape index (κ3) is 3.85. The molecule has 4 heterocycles. The number of carbonyl (C=O) groups is 2. The van der Waals surface area contributed by atoms with Crippen LogP contribution < -0.4 is 0 Å². The Hall–Kier alpha value is -3.29. The van der Waals surface area contributed by atoms with Crippen LogP contribution in [0.3, 0.4) is 0 Å². The van der Waals surface area contributed by atoms with Gasteiger partial charge < -0.3 is 10.0 Å². The van der Waals surface area contributed by atoms with Gasteiger partial charge in [-0.25, -0.2) is 9.50 Å². The normalized spacial score (nSPS) is 16.2. The summed E-state index contributed by atoms with van der Waals surface area (Å²) >= 11 is 0. The maximum Gasteiger partial charge on any atom is 0.290 e. The Kier molecular flexibility index (Phi) is 5.52. The van der Waals surface area contributed by atoms with Crippen molar-refractivity contribution in [3.05, 3.63) is 60.3 Å². The second-order valence-electron chi connectivity index (χ2n) is 5.97. The molecule has 4 rings (SSSR count). The Morgan fingerprint density at radius 3 is 2.85 bits per heavy atom. The zero-order valence-electron chi connectivity index (χ0n) is 14.1. The van der Waals surface area contributed by atoms with Crippen LogP contribution in [0.4, 0.5) is 0 Å². The molecule has 8 heteroatoms. The lowest BCUT2D eigenvalue weighted by Gasteiger charge is -2.15. The summed E-state index contributed by atoms with van der Waals surface area (Å²) in [6.45, 7) is 1.28. The number of hydrogen-bond donors (Lipinski definition) is 1. The first-order valence-corrected chi connectivity index (χ1v) is 8.28. The number of aromatic nitrogens is 4. The van der Waals surface area contributed by atoms with Crippen molar-refractivity contribution in [1.29, 1.82) is 0 Å². The highest BCUT2D eigenvalue weighted by Gasteiger charge is 2.29. The summed E-state index contributed by atoms with van der Waals surface area (Å²) in [7, 11) is 0. The van der Waals surface area contributed by atoms with Crippen LogP contribution in [-0.2, 0) is 11.2 Å². The summed E-state index contributed by atoms with van der Waals surface area (Å²) in [5.41, 5.74) is 2.31. The third-order valence-electron chi connectivity index (χ3n) is 4.29. The minimum absolute atomic E-state index is 0.000258. The molecule has 0 aliphatic carbocycles. The number of rotatable bonds is 3. The average molecular weight is 353 g/mol. The Balaban J connectivity index is 0.000000613. The van der Waals surface area contributed by atoms with Gasteiger partial charge in [0.25, 0.3) is 12.4 Å². The highest BCUT2D eigenvalue weighted by Crippen LogP contribution is 2.22. The van der Waals surface area contributed by atoms with Crippen molar-refractivity contribution in [2.75, 3.05) is 13.1 Å². The first-order chi connectivity index (χ1) is 12.7. The van der Waals surface area contributed by atoms with E-state index in [2.05, 4.69) is 15.1 Å². The van der Waals surface area contributed by atoms with Crippen LogP contribution >= 0.6 is 0 Å². The maximum absolute atomic E-state index is 12.7. The monoisotopic (exact) mass is 353 g/mol. The Morgan fingerprint density at radius 1 is 1.23 bits per heavy atom. The topological polar surface area (TPSA) is 101 Å². The molecule has 3 aromatic rings. The average Bonchev–Trinajstić information content (AvgIpc) is 3.30. The van der Waals surface area contributed by atoms with Crippen molar-refractivity contribution in [3.8, 4) is 0 Å². The van der Waals surface area contributed by atoms with Gasteiger partial charge in [0, 0.05) is 31.2 Å². The fraction of sp³-hybridized carbons (Fsp3) is 0.278. The lowest BCUT2D eigenvalue weighted by molar-refractivity contribution is -0.122. The molecule has 1 atom stereocenters. The first kappa shape index (κ1) is 17.5. The molecule has 1 unspecified atom stereocenters. The van der Waals surface area contributed by atoms with E-state index >= 15 is 0 Å². The predicted octanol–water partition coefficient (Wildman–Crippen LogP) is 1.53. The van der Waals surface area contributed by atoms with Crippen molar-refractivity contribution >= 4 is 18.0 Å². The van der Waals surface area contributed by atoms with Gasteiger partial charge in [-0.15, -0.1) is 0 Å². The number of carbonyl (C=O) groups excluding carboxylic acids is 1. The van der Waals surface area contributed by atoms with Gasteiger partial charge in [-0.05, 0) is 43.0 Å². The van der Waals surface area contributed by atoms with Gasteiger partial charge >= 0.3 is 0 Å². The van der Waals surface area contributed by atoms with Crippen molar-refractivity contribution in [2.45, 2.75) is 12.8 Å². The Labute approximate surface area is 150 Å². The Bertz CT molecular complexity index is 881. The van der Waals surface area contributed by atoms with E-state index in [1.165, 1.54) is 0 Å². The van der Waals surface area contributed by atoms with Crippen LogP contribution in [0.25, 0.3) is 5.65 Å². The van der Waals surface area contributed by atoms with E-state index in [-0.39, 0.29) is 12.4 Å². The molecule has 0 radical (unpaired) electrons. The van der Waals surface area contributed by atoms with E-state index in [1.807, 2.05) is 41.4 Å². The van der Waals surface area contributed by atoms with E-state index in [1.54, 1.807) is 16.9 Å². The summed E-state index contributed by atoms with van der Waals surface area (Å²) in [6.07, 6.45) is 7.01. The molecular formula is C18H19N5O3. The molecule has 0 aromatic carbocycles. The summed E-state index contributed by atoms with van der Waals surface area (Å²) in [5.74, 6) is 0.459. The molecular weight excluding hydrogens is 334 g/mol. The van der Waals surface area contributed by atoms with Crippen LogP contribution in [0.5, 0.6) is 0 Å². The van der Waals surface area contributed by atoms with E-state index < -0.39 is 0 Å². The molecule has 0 bridgehead atoms. The van der Waals surface area contributed by atoms with E-state index in [4.69, 9.17) is 9.90 Å². The molecule has 1 fully saturated rings. The van der Waals surface area contributed by atoms with Gasteiger partial charge in [0.1, 0.15) is 0 Å². The fourth-order valence-electron chi connectivity index (χ4n) is 3.14. The van der Waals surface area contributed by atoms with Crippen molar-refractivity contribution in [2.24, 2.45) is 5.92 Å². The van der Waals surface area contributed by atoms with Crippen LogP contribution in [0, 0.1) is 5.92 Å². The van der Waals surface area contributed by atoms with Gasteiger partial charge in [-0.2, -0.15) is 5.10 Å². The number of likely N-dealkylation sites (tertiary alicyclic amines) is 1. The third-order valence-corrected chi connectivity index (χ3v) is 4.29. The fourth-order valence-corrected chi connectivity index (χ4v) is 3.14. The zero-order valence-corrected chi connectivity index (χ0v) is 14.1.